The molecular formula is C21H23N3O4S. The van der Waals surface area contributed by atoms with Crippen LogP contribution in [0.4, 0.5) is 5.69 Å². The molecule has 29 heavy (non-hydrogen) atoms. The average molecular weight is 413 g/mol. The van der Waals surface area contributed by atoms with Gasteiger partial charge in [-0.3, -0.25) is 14.2 Å². The standard InChI is InChI=1S/C21H23N3O4S/c1-5-15-22-19-17(14(10-29-19)21(27)28)20(26)24(15)9-16(25)23-18-12(4)7-6-8-13(18)11(2)3/h6-8,10-11H,5,9H2,1-4H3,(H,23,25)(H,27,28). The van der Waals surface area contributed by atoms with E-state index in [9.17, 15) is 19.5 Å². The summed E-state index contributed by atoms with van der Waals surface area (Å²) in [5, 5.41) is 13.7. The van der Waals surface area contributed by atoms with Gasteiger partial charge in [-0.15, -0.1) is 11.3 Å². The Bertz CT molecular complexity index is 1160. The highest BCUT2D eigenvalue weighted by molar-refractivity contribution is 7.17. The molecule has 0 spiro atoms. The quantitative estimate of drug-likeness (QED) is 0.640. The third-order valence-corrected chi connectivity index (χ3v) is 5.68. The number of carbonyl (C=O) groups is 2. The highest BCUT2D eigenvalue weighted by Crippen LogP contribution is 2.27. The summed E-state index contributed by atoms with van der Waals surface area (Å²) in [6, 6.07) is 5.83. The maximum atomic E-state index is 13.0. The van der Waals surface area contributed by atoms with Gasteiger partial charge in [-0.25, -0.2) is 9.78 Å². The van der Waals surface area contributed by atoms with Gasteiger partial charge >= 0.3 is 5.97 Å². The van der Waals surface area contributed by atoms with E-state index in [2.05, 4.69) is 10.3 Å². The van der Waals surface area contributed by atoms with Crippen LogP contribution in [0.15, 0.2) is 28.4 Å². The van der Waals surface area contributed by atoms with Gasteiger partial charge in [-0.05, 0) is 24.0 Å². The maximum Gasteiger partial charge on any atom is 0.337 e. The van der Waals surface area contributed by atoms with Crippen molar-refractivity contribution in [1.29, 1.82) is 0 Å². The number of aromatic nitrogens is 2. The molecular weight excluding hydrogens is 390 g/mol. The van der Waals surface area contributed by atoms with Crippen molar-refractivity contribution in [2.75, 3.05) is 5.32 Å². The van der Waals surface area contributed by atoms with Crippen molar-refractivity contribution in [3.05, 3.63) is 56.4 Å². The number of nitrogens with one attached hydrogen (secondary N) is 1. The monoisotopic (exact) mass is 413 g/mol. The zero-order chi connectivity index (χ0) is 21.3. The van der Waals surface area contributed by atoms with Crippen LogP contribution < -0.4 is 10.9 Å². The van der Waals surface area contributed by atoms with Crippen LogP contribution in [0.25, 0.3) is 10.2 Å². The molecule has 0 aliphatic rings. The van der Waals surface area contributed by atoms with Gasteiger partial charge in [-0.2, -0.15) is 0 Å². The SMILES string of the molecule is CCc1nc2scc(C(=O)O)c2c(=O)n1CC(=O)Nc1c(C)cccc1C(C)C. The molecule has 152 valence electrons. The number of benzene rings is 1. The summed E-state index contributed by atoms with van der Waals surface area (Å²) in [6.07, 6.45) is 0.445. The van der Waals surface area contributed by atoms with Crippen LogP contribution >= 0.6 is 11.3 Å². The first-order valence-electron chi connectivity index (χ1n) is 9.38. The van der Waals surface area contributed by atoms with E-state index in [1.54, 1.807) is 0 Å². The average Bonchev–Trinajstić information content (AvgIpc) is 3.09. The van der Waals surface area contributed by atoms with E-state index in [0.29, 0.717) is 17.1 Å². The number of aromatic carboxylic acids is 1. The molecule has 1 aromatic carbocycles. The Balaban J connectivity index is 2.01. The molecule has 0 fully saturated rings. The summed E-state index contributed by atoms with van der Waals surface area (Å²) >= 11 is 1.12. The topological polar surface area (TPSA) is 101 Å². The van der Waals surface area contributed by atoms with Crippen molar-refractivity contribution in [1.82, 2.24) is 9.55 Å². The number of aryl methyl sites for hydroxylation is 2. The second-order valence-electron chi connectivity index (χ2n) is 7.15. The minimum Gasteiger partial charge on any atom is -0.478 e. The molecule has 0 radical (unpaired) electrons. The number of nitrogens with zero attached hydrogens (tertiary/aromatic N) is 2. The first kappa shape index (κ1) is 20.7. The van der Waals surface area contributed by atoms with Crippen molar-refractivity contribution in [3.63, 3.8) is 0 Å². The molecule has 0 aliphatic carbocycles. The van der Waals surface area contributed by atoms with Crippen molar-refractivity contribution in [2.45, 2.75) is 46.6 Å². The predicted octanol–water partition coefficient (Wildman–Crippen LogP) is 3.79. The number of carboxylic acids is 1. The largest absolute Gasteiger partial charge is 0.478 e. The number of carbonyl (C=O) groups excluding carboxylic acids is 1. The number of hydrogen-bond donors (Lipinski definition) is 2. The molecule has 2 heterocycles. The van der Waals surface area contributed by atoms with Crippen molar-refractivity contribution in [2.24, 2.45) is 0 Å². The van der Waals surface area contributed by atoms with Gasteiger partial charge in [0.2, 0.25) is 5.91 Å². The number of fused-ring (bicyclic) bond motifs is 1. The number of para-hydroxylation sites is 1. The maximum absolute atomic E-state index is 13.0. The number of rotatable bonds is 6. The highest BCUT2D eigenvalue weighted by atomic mass is 32.1. The molecule has 7 nitrogen and oxygen atoms in total. The van der Waals surface area contributed by atoms with E-state index in [-0.39, 0.29) is 29.3 Å². The lowest BCUT2D eigenvalue weighted by atomic mass is 9.98. The van der Waals surface area contributed by atoms with Crippen molar-refractivity contribution >= 4 is 39.1 Å². The fraction of sp³-hybridized carbons (Fsp3) is 0.333. The number of amides is 1. The smallest absolute Gasteiger partial charge is 0.337 e. The van der Waals surface area contributed by atoms with Crippen LogP contribution in [0, 0.1) is 6.92 Å². The summed E-state index contributed by atoms with van der Waals surface area (Å²) in [6.45, 7) is 7.62. The minimum atomic E-state index is -1.18. The first-order chi connectivity index (χ1) is 13.7. The zero-order valence-electron chi connectivity index (χ0n) is 16.8. The van der Waals surface area contributed by atoms with Crippen LogP contribution in [0.5, 0.6) is 0 Å². The summed E-state index contributed by atoms with van der Waals surface area (Å²) < 4.78 is 1.27. The Morgan fingerprint density at radius 2 is 2.03 bits per heavy atom. The van der Waals surface area contributed by atoms with Gasteiger partial charge in [0.15, 0.2) is 0 Å². The predicted molar refractivity (Wildman–Crippen MR) is 114 cm³/mol. The summed E-state index contributed by atoms with van der Waals surface area (Å²) in [4.78, 5) is 42.1. The van der Waals surface area contributed by atoms with Crippen molar-refractivity contribution in [3.8, 4) is 0 Å². The Hall–Kier alpha value is -3.00. The lowest BCUT2D eigenvalue weighted by Crippen LogP contribution is -2.31. The third kappa shape index (κ3) is 3.93. The molecule has 2 aromatic heterocycles. The van der Waals surface area contributed by atoms with E-state index >= 15 is 0 Å². The molecule has 2 N–H and O–H groups in total. The molecule has 0 saturated carbocycles. The van der Waals surface area contributed by atoms with Gasteiger partial charge in [0, 0.05) is 17.5 Å². The second kappa shape index (κ2) is 8.16. The summed E-state index contributed by atoms with van der Waals surface area (Å²) in [5.41, 5.74) is 2.11. The zero-order valence-corrected chi connectivity index (χ0v) is 17.6. The highest BCUT2D eigenvalue weighted by Gasteiger charge is 2.21. The summed E-state index contributed by atoms with van der Waals surface area (Å²) in [7, 11) is 0. The van der Waals surface area contributed by atoms with Gasteiger partial charge in [0.25, 0.3) is 5.56 Å². The Labute approximate surface area is 172 Å². The molecule has 1 amide bonds. The van der Waals surface area contributed by atoms with Crippen LogP contribution in [0.3, 0.4) is 0 Å². The van der Waals surface area contributed by atoms with Crippen LogP contribution in [-0.4, -0.2) is 26.5 Å². The molecule has 0 saturated heterocycles. The van der Waals surface area contributed by atoms with Crippen LogP contribution in [-0.2, 0) is 17.8 Å². The molecule has 0 atom stereocenters. The molecule has 8 heteroatoms. The van der Waals surface area contributed by atoms with E-state index in [4.69, 9.17) is 0 Å². The van der Waals surface area contributed by atoms with E-state index in [1.165, 1.54) is 9.95 Å². The molecule has 0 bridgehead atoms. The molecule has 3 rings (SSSR count). The molecule has 3 aromatic rings. The molecule has 0 unspecified atom stereocenters. The van der Waals surface area contributed by atoms with E-state index in [0.717, 1.165) is 28.2 Å². The van der Waals surface area contributed by atoms with Crippen LogP contribution in [0.1, 0.15) is 54.0 Å². The molecule has 0 aliphatic heterocycles. The van der Waals surface area contributed by atoms with Gasteiger partial charge in [-0.1, -0.05) is 39.0 Å². The summed E-state index contributed by atoms with van der Waals surface area (Å²) in [5.74, 6) is -0.866. The van der Waals surface area contributed by atoms with Gasteiger partial charge in [0.1, 0.15) is 17.2 Å². The Kier molecular flexibility index (Phi) is 5.83. The number of anilines is 1. The Morgan fingerprint density at radius 1 is 1.31 bits per heavy atom. The van der Waals surface area contributed by atoms with E-state index < -0.39 is 11.5 Å². The number of hydrogen-bond acceptors (Lipinski definition) is 5. The lowest BCUT2D eigenvalue weighted by molar-refractivity contribution is -0.116. The van der Waals surface area contributed by atoms with E-state index in [1.807, 2.05) is 45.9 Å². The third-order valence-electron chi connectivity index (χ3n) is 4.81. The fourth-order valence-electron chi connectivity index (χ4n) is 3.32. The first-order valence-corrected chi connectivity index (χ1v) is 10.3. The number of thiophene rings is 1. The minimum absolute atomic E-state index is 0.0475. The van der Waals surface area contributed by atoms with Crippen molar-refractivity contribution < 1.29 is 14.7 Å². The Morgan fingerprint density at radius 3 is 2.66 bits per heavy atom. The lowest BCUT2D eigenvalue weighted by Gasteiger charge is -2.17. The van der Waals surface area contributed by atoms with Crippen LogP contribution in [0.2, 0.25) is 0 Å². The number of carboxylic acid groups (broad SMARTS) is 1. The van der Waals surface area contributed by atoms with Gasteiger partial charge in [0.05, 0.1) is 10.9 Å². The fourth-order valence-corrected chi connectivity index (χ4v) is 4.24. The second-order valence-corrected chi connectivity index (χ2v) is 8.01. The normalized spacial score (nSPS) is 11.2. The van der Waals surface area contributed by atoms with Gasteiger partial charge < -0.3 is 10.4 Å².